The molecule has 198 valence electrons. The molecule has 6 amide bonds. The average Bonchev–Trinajstić information content (AvgIpc) is 3.33. The first-order chi connectivity index (χ1) is 17.0. The summed E-state index contributed by atoms with van der Waals surface area (Å²) >= 11 is 0. The lowest BCUT2D eigenvalue weighted by Crippen LogP contribution is -2.49. The molecular weight excluding hydrogens is 488 g/mol. The Morgan fingerprint density at radius 1 is 0.667 bits per heavy atom. The molecule has 2 rings (SSSR count). The third kappa shape index (κ3) is 8.09. The van der Waals surface area contributed by atoms with Crippen LogP contribution in [-0.2, 0) is 48.0 Å². The highest BCUT2D eigenvalue weighted by atomic mass is 16.7. The fourth-order valence-corrected chi connectivity index (χ4v) is 3.00. The maximum atomic E-state index is 11.9. The van der Waals surface area contributed by atoms with Gasteiger partial charge in [0.25, 0.3) is 35.4 Å². The van der Waals surface area contributed by atoms with Crippen LogP contribution in [0.3, 0.4) is 0 Å². The number of nitrogens with one attached hydrogen (secondary N) is 2. The van der Waals surface area contributed by atoms with Crippen LogP contribution in [0, 0.1) is 0 Å². The number of carbonyl (C=O) groups is 8. The lowest BCUT2D eigenvalue weighted by atomic mass is 10.1. The van der Waals surface area contributed by atoms with E-state index < -0.39 is 59.6 Å². The van der Waals surface area contributed by atoms with Crippen molar-refractivity contribution in [2.45, 2.75) is 63.6 Å². The number of hydrogen-bond donors (Lipinski definition) is 4. The van der Waals surface area contributed by atoms with E-state index in [0.29, 0.717) is 10.1 Å². The van der Waals surface area contributed by atoms with Crippen molar-refractivity contribution >= 4 is 47.4 Å². The van der Waals surface area contributed by atoms with E-state index in [1.165, 1.54) is 0 Å². The van der Waals surface area contributed by atoms with E-state index in [9.17, 15) is 48.6 Å². The van der Waals surface area contributed by atoms with E-state index in [1.807, 2.05) is 0 Å². The third-order valence-corrected chi connectivity index (χ3v) is 4.95. The first kappa shape index (κ1) is 28.3. The van der Waals surface area contributed by atoms with E-state index in [1.54, 1.807) is 0 Å². The second-order valence-electron chi connectivity index (χ2n) is 7.77. The van der Waals surface area contributed by atoms with Crippen LogP contribution < -0.4 is 10.6 Å². The van der Waals surface area contributed by atoms with Crippen LogP contribution in [0.25, 0.3) is 0 Å². The van der Waals surface area contributed by atoms with Gasteiger partial charge in [0.2, 0.25) is 0 Å². The molecule has 0 aromatic heterocycles. The van der Waals surface area contributed by atoms with Gasteiger partial charge < -0.3 is 30.5 Å². The van der Waals surface area contributed by atoms with Crippen molar-refractivity contribution < 1.29 is 58.2 Å². The van der Waals surface area contributed by atoms with Crippen molar-refractivity contribution in [3.8, 4) is 0 Å². The van der Waals surface area contributed by atoms with Gasteiger partial charge in [0.1, 0.15) is 0 Å². The molecule has 2 aliphatic heterocycles. The van der Waals surface area contributed by atoms with Gasteiger partial charge in [-0.15, -0.1) is 10.1 Å². The number of rotatable bonds is 13. The summed E-state index contributed by atoms with van der Waals surface area (Å²) in [7, 11) is 0. The van der Waals surface area contributed by atoms with E-state index in [2.05, 4.69) is 20.3 Å². The maximum absolute atomic E-state index is 11.9. The average molecular weight is 514 g/mol. The summed E-state index contributed by atoms with van der Waals surface area (Å²) in [6.45, 7) is -0.295. The molecule has 36 heavy (non-hydrogen) atoms. The number of hydrogen-bond acceptors (Lipinski definition) is 12. The molecular formula is C20H26N4O12. The van der Waals surface area contributed by atoms with Gasteiger partial charge in [0.15, 0.2) is 12.2 Å². The second kappa shape index (κ2) is 13.2. The summed E-state index contributed by atoms with van der Waals surface area (Å²) in [4.78, 5) is 102. The normalized spacial score (nSPS) is 17.2. The fourth-order valence-electron chi connectivity index (χ4n) is 3.00. The van der Waals surface area contributed by atoms with Gasteiger partial charge in [0, 0.05) is 51.6 Å². The first-order valence-corrected chi connectivity index (χ1v) is 11.1. The predicted molar refractivity (Wildman–Crippen MR) is 111 cm³/mol. The number of aliphatic hydroxyl groups excluding tert-OH is 2. The van der Waals surface area contributed by atoms with Crippen LogP contribution in [0.4, 0.5) is 0 Å². The summed E-state index contributed by atoms with van der Waals surface area (Å²) in [6.07, 6.45) is -4.96. The summed E-state index contributed by atoms with van der Waals surface area (Å²) in [6, 6.07) is 0. The highest BCUT2D eigenvalue weighted by Gasteiger charge is 2.34. The van der Waals surface area contributed by atoms with Crippen molar-refractivity contribution in [2.75, 3.05) is 13.1 Å². The molecule has 0 aromatic rings. The number of imide groups is 2. The van der Waals surface area contributed by atoms with Gasteiger partial charge in [-0.3, -0.25) is 28.8 Å². The zero-order valence-corrected chi connectivity index (χ0v) is 19.1. The minimum atomic E-state index is -2.13. The molecule has 2 fully saturated rings. The largest absolute Gasteiger partial charge is 0.380 e. The zero-order valence-electron chi connectivity index (χ0n) is 19.1. The molecule has 0 unspecified atom stereocenters. The van der Waals surface area contributed by atoms with Crippen molar-refractivity contribution in [2.24, 2.45) is 0 Å². The standard InChI is InChI=1S/C20H26N4O12/c25-11-5-6-12(26)23(11)35-15(29)3-1-9-21-19(33)17(31)18(32)20(34)22-10-2-4-16(30)36-24-13(27)7-8-14(24)28/h17-18,31-32H,1-10H2,(H,21,33)(H,22,34)/t17-,18-/m1/s1. The minimum Gasteiger partial charge on any atom is -0.380 e. The van der Waals surface area contributed by atoms with E-state index >= 15 is 0 Å². The van der Waals surface area contributed by atoms with Gasteiger partial charge in [-0.25, -0.2) is 9.59 Å². The van der Waals surface area contributed by atoms with Crippen LogP contribution in [0.2, 0.25) is 0 Å². The maximum Gasteiger partial charge on any atom is 0.333 e. The number of nitrogens with zero attached hydrogens (tertiary/aromatic N) is 2. The Hall–Kier alpha value is -3.92. The Labute approximate surface area is 203 Å². The fraction of sp³-hybridized carbons (Fsp3) is 0.600. The molecule has 2 atom stereocenters. The number of carbonyl (C=O) groups excluding carboxylic acids is 8. The smallest absolute Gasteiger partial charge is 0.333 e. The van der Waals surface area contributed by atoms with Crippen LogP contribution in [0.15, 0.2) is 0 Å². The molecule has 0 spiro atoms. The van der Waals surface area contributed by atoms with Crippen LogP contribution in [-0.4, -0.2) is 93.0 Å². The van der Waals surface area contributed by atoms with E-state index in [0.717, 1.165) is 0 Å². The quantitative estimate of drug-likeness (QED) is 0.140. The van der Waals surface area contributed by atoms with Gasteiger partial charge in [0.05, 0.1) is 0 Å². The highest BCUT2D eigenvalue weighted by molar-refractivity contribution is 6.02. The topological polar surface area (TPSA) is 226 Å². The summed E-state index contributed by atoms with van der Waals surface area (Å²) in [5, 5.41) is 24.8. The molecule has 16 nitrogen and oxygen atoms in total. The molecule has 16 heteroatoms. The molecule has 2 aliphatic rings. The van der Waals surface area contributed by atoms with Crippen molar-refractivity contribution in [1.29, 1.82) is 0 Å². The molecule has 2 saturated heterocycles. The molecule has 0 bridgehead atoms. The first-order valence-electron chi connectivity index (χ1n) is 11.1. The number of hydroxylamine groups is 4. The third-order valence-electron chi connectivity index (χ3n) is 4.95. The molecule has 0 saturated carbocycles. The Morgan fingerprint density at radius 3 is 1.28 bits per heavy atom. The van der Waals surface area contributed by atoms with Gasteiger partial charge in [-0.2, -0.15) is 0 Å². The Bertz CT molecular complexity index is 830. The number of amides is 6. The van der Waals surface area contributed by atoms with Gasteiger partial charge >= 0.3 is 11.9 Å². The molecule has 0 aliphatic carbocycles. The van der Waals surface area contributed by atoms with Crippen LogP contribution in [0.1, 0.15) is 51.4 Å². The van der Waals surface area contributed by atoms with E-state index in [4.69, 9.17) is 0 Å². The second-order valence-corrected chi connectivity index (χ2v) is 7.77. The molecule has 2 heterocycles. The Kier molecular flexibility index (Phi) is 10.4. The molecule has 4 N–H and O–H groups in total. The van der Waals surface area contributed by atoms with Crippen LogP contribution in [0.5, 0.6) is 0 Å². The zero-order chi connectivity index (χ0) is 26.8. The Balaban J connectivity index is 1.59. The summed E-state index contributed by atoms with van der Waals surface area (Å²) in [5.74, 6) is -6.48. The highest BCUT2D eigenvalue weighted by Crippen LogP contribution is 2.13. The SMILES string of the molecule is O=C(CCCNC(=O)[C@H](O)[C@@H](O)C(=O)NCCCC(=O)ON1C(=O)CCC1=O)ON1C(=O)CCC1=O. The van der Waals surface area contributed by atoms with Crippen molar-refractivity contribution in [1.82, 2.24) is 20.8 Å². The van der Waals surface area contributed by atoms with Crippen LogP contribution >= 0.6 is 0 Å². The lowest BCUT2D eigenvalue weighted by Gasteiger charge is -2.17. The predicted octanol–water partition coefficient (Wildman–Crippen LogP) is -3.28. The lowest BCUT2D eigenvalue weighted by molar-refractivity contribution is -0.197. The molecule has 0 aromatic carbocycles. The monoisotopic (exact) mass is 514 g/mol. The van der Waals surface area contributed by atoms with Crippen molar-refractivity contribution in [3.63, 3.8) is 0 Å². The summed E-state index contributed by atoms with van der Waals surface area (Å²) < 4.78 is 0. The minimum absolute atomic E-state index is 0.0144. The Morgan fingerprint density at radius 2 is 0.972 bits per heavy atom. The van der Waals surface area contributed by atoms with E-state index in [-0.39, 0.29) is 64.5 Å². The summed E-state index contributed by atoms with van der Waals surface area (Å²) in [5.41, 5.74) is 0. The van der Waals surface area contributed by atoms with Gasteiger partial charge in [-0.1, -0.05) is 0 Å². The molecule has 0 radical (unpaired) electrons. The number of aliphatic hydroxyl groups is 2. The van der Waals surface area contributed by atoms with Gasteiger partial charge in [-0.05, 0) is 12.8 Å². The van der Waals surface area contributed by atoms with Crippen molar-refractivity contribution in [3.05, 3.63) is 0 Å².